The van der Waals surface area contributed by atoms with Gasteiger partial charge in [0.1, 0.15) is 12.1 Å². The van der Waals surface area contributed by atoms with E-state index in [9.17, 15) is 0 Å². The summed E-state index contributed by atoms with van der Waals surface area (Å²) in [6.45, 7) is 6.12. The Balaban J connectivity index is 1.79. The fraction of sp³-hybridized carbons (Fsp3) is 0.692. The average Bonchev–Trinajstić information content (AvgIpc) is 2.82. The second kappa shape index (κ2) is 5.96. The molecule has 0 bridgehead atoms. The highest BCUT2D eigenvalue weighted by Gasteiger charge is 2.14. The third kappa shape index (κ3) is 3.66. The maximum absolute atomic E-state index is 5.58. The highest BCUT2D eigenvalue weighted by atomic mass is 16.5. The molecule has 1 N–H and O–H groups in total. The van der Waals surface area contributed by atoms with E-state index in [0.717, 1.165) is 31.1 Å². The maximum atomic E-state index is 5.58. The molecule has 1 unspecified atom stereocenters. The van der Waals surface area contributed by atoms with Crippen LogP contribution in [-0.4, -0.2) is 29.2 Å². The summed E-state index contributed by atoms with van der Waals surface area (Å²) in [5.74, 6) is 1.36. The van der Waals surface area contributed by atoms with Gasteiger partial charge in [0.15, 0.2) is 0 Å². The van der Waals surface area contributed by atoms with Crippen molar-refractivity contribution in [2.75, 3.05) is 18.5 Å². The standard InChI is InChI=1S/C13H21N3O/c1-10(2)12-8-13(16-9-15-12)14-6-5-11-4-3-7-17-11/h8-11H,3-7H2,1-2H3,(H,14,15,16). The Kier molecular flexibility index (Phi) is 4.31. The van der Waals surface area contributed by atoms with Crippen LogP contribution >= 0.6 is 0 Å². The fourth-order valence-corrected chi connectivity index (χ4v) is 2.02. The Labute approximate surface area is 103 Å². The van der Waals surface area contributed by atoms with Gasteiger partial charge in [-0.1, -0.05) is 13.8 Å². The molecule has 0 aliphatic carbocycles. The second-order valence-corrected chi connectivity index (χ2v) is 4.83. The van der Waals surface area contributed by atoms with Crippen LogP contribution in [-0.2, 0) is 4.74 Å². The van der Waals surface area contributed by atoms with Crippen molar-refractivity contribution >= 4 is 5.82 Å². The lowest BCUT2D eigenvalue weighted by molar-refractivity contribution is 0.107. The number of nitrogens with zero attached hydrogens (tertiary/aromatic N) is 2. The molecular formula is C13H21N3O. The number of anilines is 1. The van der Waals surface area contributed by atoms with Gasteiger partial charge in [0.25, 0.3) is 0 Å². The molecule has 0 saturated carbocycles. The average molecular weight is 235 g/mol. The molecule has 17 heavy (non-hydrogen) atoms. The molecule has 1 fully saturated rings. The van der Waals surface area contributed by atoms with Crippen molar-refractivity contribution in [2.45, 2.75) is 45.1 Å². The maximum Gasteiger partial charge on any atom is 0.129 e. The first kappa shape index (κ1) is 12.3. The molecule has 2 heterocycles. The van der Waals surface area contributed by atoms with Crippen molar-refractivity contribution < 1.29 is 4.74 Å². The van der Waals surface area contributed by atoms with Crippen LogP contribution in [0.5, 0.6) is 0 Å². The molecule has 1 atom stereocenters. The first-order chi connectivity index (χ1) is 8.25. The van der Waals surface area contributed by atoms with Gasteiger partial charge in [-0.15, -0.1) is 0 Å². The molecule has 4 heteroatoms. The summed E-state index contributed by atoms with van der Waals surface area (Å²) in [5, 5.41) is 3.34. The number of hydrogen-bond donors (Lipinski definition) is 1. The van der Waals surface area contributed by atoms with Crippen LogP contribution in [0, 0.1) is 0 Å². The third-order valence-corrected chi connectivity index (χ3v) is 3.08. The molecule has 1 aliphatic heterocycles. The minimum atomic E-state index is 0.439. The Bertz CT molecular complexity index is 348. The number of rotatable bonds is 5. The first-order valence-corrected chi connectivity index (χ1v) is 6.43. The SMILES string of the molecule is CC(C)c1cc(NCCC2CCCO2)ncn1. The van der Waals surface area contributed by atoms with Crippen LogP contribution in [0.1, 0.15) is 44.7 Å². The molecule has 0 aromatic carbocycles. The molecule has 0 amide bonds. The van der Waals surface area contributed by atoms with Gasteiger partial charge in [-0.3, -0.25) is 0 Å². The number of nitrogens with one attached hydrogen (secondary N) is 1. The molecule has 1 saturated heterocycles. The minimum Gasteiger partial charge on any atom is -0.378 e. The smallest absolute Gasteiger partial charge is 0.129 e. The summed E-state index contributed by atoms with van der Waals surface area (Å²) < 4.78 is 5.58. The zero-order valence-corrected chi connectivity index (χ0v) is 10.6. The predicted molar refractivity (Wildman–Crippen MR) is 68.2 cm³/mol. The summed E-state index contributed by atoms with van der Waals surface area (Å²) in [6.07, 6.45) is 5.53. The van der Waals surface area contributed by atoms with Crippen LogP contribution < -0.4 is 5.32 Å². The largest absolute Gasteiger partial charge is 0.378 e. The Morgan fingerprint density at radius 3 is 3.06 bits per heavy atom. The summed E-state index contributed by atoms with van der Waals surface area (Å²) in [5.41, 5.74) is 1.08. The van der Waals surface area contributed by atoms with E-state index in [4.69, 9.17) is 4.74 Å². The van der Waals surface area contributed by atoms with Crippen LogP contribution in [0.3, 0.4) is 0 Å². The monoisotopic (exact) mass is 235 g/mol. The van der Waals surface area contributed by atoms with E-state index in [1.165, 1.54) is 12.8 Å². The first-order valence-electron chi connectivity index (χ1n) is 6.43. The normalized spacial score (nSPS) is 19.8. The van der Waals surface area contributed by atoms with Crippen LogP contribution in [0.4, 0.5) is 5.82 Å². The number of hydrogen-bond acceptors (Lipinski definition) is 4. The van der Waals surface area contributed by atoms with Crippen molar-refractivity contribution in [2.24, 2.45) is 0 Å². The molecule has 1 aromatic rings. The van der Waals surface area contributed by atoms with Gasteiger partial charge < -0.3 is 10.1 Å². The molecule has 1 aromatic heterocycles. The number of aromatic nitrogens is 2. The van der Waals surface area contributed by atoms with Gasteiger partial charge in [-0.25, -0.2) is 9.97 Å². The van der Waals surface area contributed by atoms with Crippen LogP contribution in [0.2, 0.25) is 0 Å². The van der Waals surface area contributed by atoms with Gasteiger partial charge in [0, 0.05) is 24.9 Å². The van der Waals surface area contributed by atoms with Gasteiger partial charge >= 0.3 is 0 Å². The molecule has 4 nitrogen and oxygen atoms in total. The lowest BCUT2D eigenvalue weighted by Gasteiger charge is -2.11. The topological polar surface area (TPSA) is 47.0 Å². The van der Waals surface area contributed by atoms with E-state index in [2.05, 4.69) is 29.1 Å². The van der Waals surface area contributed by atoms with E-state index in [1.54, 1.807) is 6.33 Å². The summed E-state index contributed by atoms with van der Waals surface area (Å²) in [7, 11) is 0. The predicted octanol–water partition coefficient (Wildman–Crippen LogP) is 2.58. The molecule has 2 rings (SSSR count). The summed E-state index contributed by atoms with van der Waals surface area (Å²) >= 11 is 0. The van der Waals surface area contributed by atoms with Crippen molar-refractivity contribution in [3.63, 3.8) is 0 Å². The van der Waals surface area contributed by atoms with Crippen LogP contribution in [0.15, 0.2) is 12.4 Å². The Hall–Kier alpha value is -1.16. The fourth-order valence-electron chi connectivity index (χ4n) is 2.02. The van der Waals surface area contributed by atoms with Crippen LogP contribution in [0.25, 0.3) is 0 Å². The minimum absolute atomic E-state index is 0.439. The van der Waals surface area contributed by atoms with Gasteiger partial charge in [0.05, 0.1) is 6.10 Å². The van der Waals surface area contributed by atoms with Crippen molar-refractivity contribution in [1.29, 1.82) is 0 Å². The van der Waals surface area contributed by atoms with Crippen molar-refractivity contribution in [3.8, 4) is 0 Å². The Morgan fingerprint density at radius 2 is 2.35 bits per heavy atom. The Morgan fingerprint density at radius 1 is 1.47 bits per heavy atom. The summed E-state index contributed by atoms with van der Waals surface area (Å²) in [6, 6.07) is 2.03. The molecule has 0 spiro atoms. The third-order valence-electron chi connectivity index (χ3n) is 3.08. The van der Waals surface area contributed by atoms with Gasteiger partial charge in [-0.2, -0.15) is 0 Å². The quantitative estimate of drug-likeness (QED) is 0.852. The number of ether oxygens (including phenoxy) is 1. The van der Waals surface area contributed by atoms with E-state index >= 15 is 0 Å². The highest BCUT2D eigenvalue weighted by molar-refractivity contribution is 5.35. The van der Waals surface area contributed by atoms with Crippen molar-refractivity contribution in [3.05, 3.63) is 18.1 Å². The van der Waals surface area contributed by atoms with E-state index in [1.807, 2.05) is 6.07 Å². The lowest BCUT2D eigenvalue weighted by atomic mass is 10.1. The molecular weight excluding hydrogens is 214 g/mol. The van der Waals surface area contributed by atoms with E-state index in [-0.39, 0.29) is 0 Å². The molecule has 0 radical (unpaired) electrons. The zero-order chi connectivity index (χ0) is 12.1. The molecule has 94 valence electrons. The highest BCUT2D eigenvalue weighted by Crippen LogP contribution is 2.16. The zero-order valence-electron chi connectivity index (χ0n) is 10.6. The van der Waals surface area contributed by atoms with Gasteiger partial charge in [-0.05, 0) is 25.2 Å². The lowest BCUT2D eigenvalue weighted by Crippen LogP contribution is -2.13. The second-order valence-electron chi connectivity index (χ2n) is 4.83. The summed E-state index contributed by atoms with van der Waals surface area (Å²) in [4.78, 5) is 8.47. The van der Waals surface area contributed by atoms with E-state index < -0.39 is 0 Å². The van der Waals surface area contributed by atoms with Crippen molar-refractivity contribution in [1.82, 2.24) is 9.97 Å². The van der Waals surface area contributed by atoms with E-state index in [0.29, 0.717) is 12.0 Å². The van der Waals surface area contributed by atoms with Gasteiger partial charge in [0.2, 0.25) is 0 Å². The molecule has 1 aliphatic rings.